The van der Waals surface area contributed by atoms with Crippen molar-refractivity contribution in [1.29, 1.82) is 0 Å². The second-order valence-electron chi connectivity index (χ2n) is 12.1. The molecular weight excluding hydrogens is 447 g/mol. The Kier molecular flexibility index (Phi) is 3.62. The highest BCUT2D eigenvalue weighted by molar-refractivity contribution is 7.00. The van der Waals surface area contributed by atoms with Gasteiger partial charge in [0.2, 0.25) is 0 Å². The lowest BCUT2D eigenvalue weighted by Gasteiger charge is -2.52. The first kappa shape index (κ1) is 20.4. The van der Waals surface area contributed by atoms with Crippen LogP contribution in [0.4, 0.5) is 11.4 Å². The predicted octanol–water partition coefficient (Wildman–Crippen LogP) is 6.18. The van der Waals surface area contributed by atoms with Crippen molar-refractivity contribution in [3.63, 3.8) is 0 Å². The summed E-state index contributed by atoms with van der Waals surface area (Å²) in [4.78, 5) is 2.79. The number of benzene rings is 4. The van der Waals surface area contributed by atoms with E-state index in [4.69, 9.17) is 0 Å². The van der Waals surface area contributed by atoms with E-state index in [1.54, 1.807) is 5.56 Å². The molecule has 2 nitrogen and oxygen atoms in total. The molecule has 3 heteroatoms. The third-order valence-corrected chi connectivity index (χ3v) is 10.5. The normalized spacial score (nSPS) is 24.2. The summed E-state index contributed by atoms with van der Waals surface area (Å²) in [6.45, 7) is 5.37. The van der Waals surface area contributed by atoms with Gasteiger partial charge in [-0.3, -0.25) is 0 Å². The van der Waals surface area contributed by atoms with Crippen LogP contribution in [-0.2, 0) is 5.41 Å². The van der Waals surface area contributed by atoms with Gasteiger partial charge in [-0.2, -0.15) is 0 Å². The number of aromatic nitrogens is 1. The first-order valence-electron chi connectivity index (χ1n) is 13.9. The van der Waals surface area contributed by atoms with E-state index in [9.17, 15) is 0 Å². The molecule has 3 aliphatic heterocycles. The first-order chi connectivity index (χ1) is 18.1. The van der Waals surface area contributed by atoms with Gasteiger partial charge in [-0.25, -0.2) is 0 Å². The molecule has 0 amide bonds. The zero-order valence-electron chi connectivity index (χ0n) is 21.5. The van der Waals surface area contributed by atoms with Gasteiger partial charge in [0.05, 0.1) is 11.2 Å². The summed E-state index contributed by atoms with van der Waals surface area (Å²) in [5, 5.41) is 1.33. The molecule has 1 aromatic heterocycles. The molecular formula is C34H29BN2. The highest BCUT2D eigenvalue weighted by Crippen LogP contribution is 2.61. The van der Waals surface area contributed by atoms with E-state index < -0.39 is 0 Å². The summed E-state index contributed by atoms with van der Waals surface area (Å²) >= 11 is 0. The summed E-state index contributed by atoms with van der Waals surface area (Å²) in [5.41, 5.74) is 14.4. The Morgan fingerprint density at radius 1 is 0.730 bits per heavy atom. The second kappa shape index (κ2) is 6.58. The SMILES string of the molecule is CC12CCCCC1(C)N1c3cccc4c3B(c3cccc2c31)c1cccc2cc(-c3ccccc3)n-4c12. The van der Waals surface area contributed by atoms with Crippen LogP contribution in [0.15, 0.2) is 91.0 Å². The molecule has 178 valence electrons. The zero-order chi connectivity index (χ0) is 24.5. The highest BCUT2D eigenvalue weighted by Gasteiger charge is 2.60. The van der Waals surface area contributed by atoms with Gasteiger partial charge in [-0.15, -0.1) is 0 Å². The molecule has 2 unspecified atom stereocenters. The number of hydrogen-bond donors (Lipinski definition) is 0. The van der Waals surface area contributed by atoms with Gasteiger partial charge >= 0.3 is 0 Å². The fourth-order valence-corrected chi connectivity index (χ4v) is 8.70. The van der Waals surface area contributed by atoms with E-state index in [1.165, 1.54) is 81.3 Å². The van der Waals surface area contributed by atoms with Crippen LogP contribution < -0.4 is 21.3 Å². The molecule has 0 spiro atoms. The van der Waals surface area contributed by atoms with Crippen LogP contribution in [0.1, 0.15) is 45.1 Å². The van der Waals surface area contributed by atoms with Gasteiger partial charge in [0.25, 0.3) is 6.71 Å². The van der Waals surface area contributed by atoms with Crippen molar-refractivity contribution in [2.45, 2.75) is 50.5 Å². The van der Waals surface area contributed by atoms with Crippen LogP contribution in [0.2, 0.25) is 0 Å². The van der Waals surface area contributed by atoms with E-state index in [0.29, 0.717) is 0 Å². The third-order valence-electron chi connectivity index (χ3n) is 10.5. The first-order valence-corrected chi connectivity index (χ1v) is 13.9. The fourth-order valence-electron chi connectivity index (χ4n) is 8.70. The van der Waals surface area contributed by atoms with E-state index in [0.717, 1.165) is 0 Å². The van der Waals surface area contributed by atoms with Gasteiger partial charge in [-0.05, 0) is 65.5 Å². The number of rotatable bonds is 1. The molecule has 4 heterocycles. The van der Waals surface area contributed by atoms with E-state index in [2.05, 4.69) is 114 Å². The van der Waals surface area contributed by atoms with Crippen LogP contribution in [0, 0.1) is 0 Å². The smallest absolute Gasteiger partial charge is 0.252 e. The summed E-state index contributed by atoms with van der Waals surface area (Å²) in [5.74, 6) is 0. The minimum atomic E-state index is 0.0923. The zero-order valence-corrected chi connectivity index (χ0v) is 21.5. The van der Waals surface area contributed by atoms with Crippen molar-refractivity contribution in [3.05, 3.63) is 96.6 Å². The summed E-state index contributed by atoms with van der Waals surface area (Å²) in [6.07, 6.45) is 5.14. The monoisotopic (exact) mass is 476 g/mol. The van der Waals surface area contributed by atoms with Crippen molar-refractivity contribution in [1.82, 2.24) is 4.57 Å². The van der Waals surface area contributed by atoms with Gasteiger partial charge in [-0.1, -0.05) is 92.6 Å². The lowest BCUT2D eigenvalue weighted by molar-refractivity contribution is 0.195. The fraction of sp³-hybridized carbons (Fsp3) is 0.235. The molecule has 2 atom stereocenters. The quantitative estimate of drug-likeness (QED) is 0.257. The average molecular weight is 476 g/mol. The Morgan fingerprint density at radius 3 is 2.38 bits per heavy atom. The van der Waals surface area contributed by atoms with Crippen LogP contribution in [0.5, 0.6) is 0 Å². The number of hydrogen-bond acceptors (Lipinski definition) is 1. The highest BCUT2D eigenvalue weighted by atomic mass is 15.3. The summed E-state index contributed by atoms with van der Waals surface area (Å²) in [6, 6.07) is 34.5. The number of fused-ring (bicyclic) bond motifs is 7. The minimum Gasteiger partial charge on any atom is -0.335 e. The standard InChI is InChI=1S/C34H29BN2/c1-33-19-6-7-20-34(33,2)37-28-18-10-17-27-30(28)35(26-16-9-14-24(33)32(26)37)25-15-8-13-23-21-29(36(27)31(23)25)22-11-4-3-5-12-22/h3-5,8-18,21H,6-7,19-20H2,1-2H3. The van der Waals surface area contributed by atoms with Crippen molar-refractivity contribution in [2.24, 2.45) is 0 Å². The summed E-state index contributed by atoms with van der Waals surface area (Å²) < 4.78 is 2.56. The maximum atomic E-state index is 2.79. The maximum absolute atomic E-state index is 2.79. The molecule has 0 bridgehead atoms. The minimum absolute atomic E-state index is 0.0923. The Morgan fingerprint density at radius 2 is 1.49 bits per heavy atom. The molecule has 4 aromatic carbocycles. The molecule has 1 fully saturated rings. The number of nitrogens with zero attached hydrogens (tertiary/aromatic N) is 2. The largest absolute Gasteiger partial charge is 0.335 e. The van der Waals surface area contributed by atoms with Crippen LogP contribution in [0.25, 0.3) is 27.8 Å². The molecule has 9 rings (SSSR count). The number of anilines is 2. The Bertz CT molecular complexity index is 1780. The predicted molar refractivity (Wildman–Crippen MR) is 156 cm³/mol. The van der Waals surface area contributed by atoms with Gasteiger partial charge in [0, 0.05) is 33.4 Å². The third kappa shape index (κ3) is 2.19. The molecule has 37 heavy (non-hydrogen) atoms. The van der Waals surface area contributed by atoms with Gasteiger partial charge < -0.3 is 9.47 Å². The van der Waals surface area contributed by atoms with Gasteiger partial charge in [0.1, 0.15) is 0 Å². The Balaban J connectivity index is 1.44. The van der Waals surface area contributed by atoms with E-state index >= 15 is 0 Å². The lowest BCUT2D eigenvalue weighted by Crippen LogP contribution is -2.64. The average Bonchev–Trinajstić information content (AvgIpc) is 3.42. The molecule has 1 aliphatic carbocycles. The van der Waals surface area contributed by atoms with Crippen LogP contribution in [0.3, 0.4) is 0 Å². The van der Waals surface area contributed by atoms with Crippen LogP contribution in [-0.4, -0.2) is 16.8 Å². The molecule has 1 saturated carbocycles. The van der Waals surface area contributed by atoms with Crippen molar-refractivity contribution in [3.8, 4) is 16.9 Å². The molecule has 4 aliphatic rings. The Labute approximate surface area is 218 Å². The molecule has 5 aromatic rings. The number of para-hydroxylation sites is 2. The van der Waals surface area contributed by atoms with Crippen molar-refractivity contribution < 1.29 is 0 Å². The molecule has 0 radical (unpaired) electrons. The molecule has 0 saturated heterocycles. The van der Waals surface area contributed by atoms with Gasteiger partial charge in [0.15, 0.2) is 0 Å². The second-order valence-corrected chi connectivity index (χ2v) is 12.1. The van der Waals surface area contributed by atoms with Crippen LogP contribution >= 0.6 is 0 Å². The van der Waals surface area contributed by atoms with Crippen molar-refractivity contribution >= 4 is 45.4 Å². The molecule has 0 N–H and O–H groups in total. The summed E-state index contributed by atoms with van der Waals surface area (Å²) in [7, 11) is 0. The van der Waals surface area contributed by atoms with E-state index in [-0.39, 0.29) is 17.7 Å². The lowest BCUT2D eigenvalue weighted by atomic mass is 9.34. The topological polar surface area (TPSA) is 8.17 Å². The van der Waals surface area contributed by atoms with Crippen molar-refractivity contribution in [2.75, 3.05) is 4.90 Å². The van der Waals surface area contributed by atoms with E-state index in [1.807, 2.05) is 0 Å². The Hall–Kier alpha value is -3.72. The maximum Gasteiger partial charge on any atom is 0.252 e.